The lowest BCUT2D eigenvalue weighted by Gasteiger charge is -2.27. The summed E-state index contributed by atoms with van der Waals surface area (Å²) in [6, 6.07) is 9.06. The predicted octanol–water partition coefficient (Wildman–Crippen LogP) is 3.35. The summed E-state index contributed by atoms with van der Waals surface area (Å²) in [5, 5.41) is 8.78. The summed E-state index contributed by atoms with van der Waals surface area (Å²) >= 11 is 3.49. The van der Waals surface area contributed by atoms with Crippen LogP contribution in [0.3, 0.4) is 0 Å². The van der Waals surface area contributed by atoms with Gasteiger partial charge < -0.3 is 10.6 Å². The molecule has 1 saturated carbocycles. The minimum atomic E-state index is 0.000774. The lowest BCUT2D eigenvalue weighted by Crippen LogP contribution is -2.28. The van der Waals surface area contributed by atoms with Gasteiger partial charge in [0.1, 0.15) is 0 Å². The summed E-state index contributed by atoms with van der Waals surface area (Å²) in [4.78, 5) is 2.34. The lowest BCUT2D eigenvalue weighted by atomic mass is 10.1. The largest absolute Gasteiger partial charge is 0.367 e. The van der Waals surface area contributed by atoms with Gasteiger partial charge >= 0.3 is 0 Å². The van der Waals surface area contributed by atoms with Crippen LogP contribution in [0, 0.1) is 11.3 Å². The van der Waals surface area contributed by atoms with Crippen LogP contribution in [-0.4, -0.2) is 12.6 Å². The Morgan fingerprint density at radius 2 is 2.28 bits per heavy atom. The molecule has 96 valence electrons. The number of hydrogen-bond donors (Lipinski definition) is 1. The van der Waals surface area contributed by atoms with Gasteiger partial charge in [-0.2, -0.15) is 5.26 Å². The maximum absolute atomic E-state index is 8.78. The number of anilines is 1. The normalized spacial score (nSPS) is 16.1. The van der Waals surface area contributed by atoms with Crippen molar-refractivity contribution in [1.29, 1.82) is 5.26 Å². The standard InChI is InChI=1S/C14H18BrN3/c1-10(17)13-9-11(15)3-6-14(13)18(8-2-7-16)12-4-5-12/h3,6,9-10,12H,2,4-5,8,17H2,1H3. The molecule has 2 N–H and O–H groups in total. The first-order valence-corrected chi connectivity index (χ1v) is 7.11. The first kappa shape index (κ1) is 13.4. The van der Waals surface area contributed by atoms with Crippen LogP contribution in [-0.2, 0) is 0 Å². The van der Waals surface area contributed by atoms with Crippen molar-refractivity contribution in [3.63, 3.8) is 0 Å². The van der Waals surface area contributed by atoms with E-state index in [0.29, 0.717) is 12.5 Å². The minimum Gasteiger partial charge on any atom is -0.367 e. The number of nitrogens with zero attached hydrogens (tertiary/aromatic N) is 2. The van der Waals surface area contributed by atoms with Crippen molar-refractivity contribution in [3.8, 4) is 6.07 Å². The van der Waals surface area contributed by atoms with Gasteiger partial charge in [0.05, 0.1) is 12.5 Å². The molecule has 3 nitrogen and oxygen atoms in total. The van der Waals surface area contributed by atoms with Crippen LogP contribution in [0.4, 0.5) is 5.69 Å². The molecule has 1 aromatic carbocycles. The molecule has 1 fully saturated rings. The van der Waals surface area contributed by atoms with Gasteiger partial charge in [-0.1, -0.05) is 15.9 Å². The molecular formula is C14H18BrN3. The predicted molar refractivity (Wildman–Crippen MR) is 77.3 cm³/mol. The summed E-state index contributed by atoms with van der Waals surface area (Å²) in [5.41, 5.74) is 8.39. The van der Waals surface area contributed by atoms with Crippen molar-refractivity contribution in [3.05, 3.63) is 28.2 Å². The minimum absolute atomic E-state index is 0.000774. The topological polar surface area (TPSA) is 53.0 Å². The molecule has 0 aliphatic heterocycles. The van der Waals surface area contributed by atoms with E-state index < -0.39 is 0 Å². The molecule has 0 saturated heterocycles. The number of rotatable bonds is 5. The highest BCUT2D eigenvalue weighted by molar-refractivity contribution is 9.10. The van der Waals surface area contributed by atoms with Crippen LogP contribution >= 0.6 is 15.9 Å². The number of nitriles is 1. The molecule has 1 atom stereocenters. The van der Waals surface area contributed by atoms with Crippen molar-refractivity contribution in [2.24, 2.45) is 5.73 Å². The molecule has 1 aliphatic carbocycles. The molecule has 4 heteroatoms. The van der Waals surface area contributed by atoms with Crippen molar-refractivity contribution in [2.75, 3.05) is 11.4 Å². The third kappa shape index (κ3) is 3.04. The molecule has 2 rings (SSSR count). The lowest BCUT2D eigenvalue weighted by molar-refractivity contribution is 0.758. The number of benzene rings is 1. The zero-order valence-corrected chi connectivity index (χ0v) is 12.2. The Kier molecular flexibility index (Phi) is 4.26. The van der Waals surface area contributed by atoms with Gasteiger partial charge in [-0.15, -0.1) is 0 Å². The van der Waals surface area contributed by atoms with Crippen molar-refractivity contribution in [2.45, 2.75) is 38.3 Å². The van der Waals surface area contributed by atoms with Crippen molar-refractivity contribution < 1.29 is 0 Å². The highest BCUT2D eigenvalue weighted by Gasteiger charge is 2.30. The Balaban J connectivity index is 2.31. The van der Waals surface area contributed by atoms with Crippen LogP contribution < -0.4 is 10.6 Å². The van der Waals surface area contributed by atoms with E-state index in [2.05, 4.69) is 39.0 Å². The second-order valence-corrected chi connectivity index (χ2v) is 5.74. The molecule has 1 unspecified atom stereocenters. The van der Waals surface area contributed by atoms with E-state index in [9.17, 15) is 0 Å². The molecule has 0 heterocycles. The van der Waals surface area contributed by atoms with E-state index in [-0.39, 0.29) is 6.04 Å². The molecule has 0 amide bonds. The average Bonchev–Trinajstić information content (AvgIpc) is 3.15. The highest BCUT2D eigenvalue weighted by Crippen LogP contribution is 2.36. The molecule has 1 aromatic rings. The molecule has 0 aromatic heterocycles. The third-order valence-electron chi connectivity index (χ3n) is 3.24. The van der Waals surface area contributed by atoms with Gasteiger partial charge in [0, 0.05) is 28.8 Å². The summed E-state index contributed by atoms with van der Waals surface area (Å²) in [7, 11) is 0. The van der Waals surface area contributed by atoms with Crippen LogP contribution in [0.25, 0.3) is 0 Å². The number of hydrogen-bond acceptors (Lipinski definition) is 3. The third-order valence-corrected chi connectivity index (χ3v) is 3.73. The quantitative estimate of drug-likeness (QED) is 0.907. The molecule has 18 heavy (non-hydrogen) atoms. The Labute approximate surface area is 117 Å². The van der Waals surface area contributed by atoms with Gasteiger partial charge in [-0.3, -0.25) is 0 Å². The van der Waals surface area contributed by atoms with E-state index in [4.69, 9.17) is 11.0 Å². The van der Waals surface area contributed by atoms with Crippen LogP contribution in [0.15, 0.2) is 22.7 Å². The SMILES string of the molecule is CC(N)c1cc(Br)ccc1N(CCC#N)C1CC1. The fraction of sp³-hybridized carbons (Fsp3) is 0.500. The molecule has 0 radical (unpaired) electrons. The highest BCUT2D eigenvalue weighted by atomic mass is 79.9. The van der Waals surface area contributed by atoms with Crippen LogP contribution in [0.2, 0.25) is 0 Å². The molecule has 1 aliphatic rings. The monoisotopic (exact) mass is 307 g/mol. The van der Waals surface area contributed by atoms with E-state index in [1.807, 2.05) is 13.0 Å². The molecule has 0 bridgehead atoms. The molecule has 0 spiro atoms. The van der Waals surface area contributed by atoms with E-state index in [0.717, 1.165) is 16.6 Å². The van der Waals surface area contributed by atoms with Gasteiger partial charge in [-0.05, 0) is 43.5 Å². The summed E-state index contributed by atoms with van der Waals surface area (Å²) in [6.45, 7) is 2.79. The van der Waals surface area contributed by atoms with Gasteiger partial charge in [0.25, 0.3) is 0 Å². The zero-order valence-electron chi connectivity index (χ0n) is 10.6. The summed E-state index contributed by atoms with van der Waals surface area (Å²) in [6.07, 6.45) is 3.00. The number of halogens is 1. The summed E-state index contributed by atoms with van der Waals surface area (Å²) in [5.74, 6) is 0. The van der Waals surface area contributed by atoms with Crippen LogP contribution in [0.1, 0.15) is 37.8 Å². The second-order valence-electron chi connectivity index (χ2n) is 4.82. The van der Waals surface area contributed by atoms with Gasteiger partial charge in [0.2, 0.25) is 0 Å². The fourth-order valence-electron chi connectivity index (χ4n) is 2.21. The second kappa shape index (κ2) is 5.73. The smallest absolute Gasteiger partial charge is 0.0640 e. The Bertz CT molecular complexity index is 461. The molecular weight excluding hydrogens is 290 g/mol. The maximum Gasteiger partial charge on any atom is 0.0640 e. The zero-order chi connectivity index (χ0) is 13.1. The average molecular weight is 308 g/mol. The van der Waals surface area contributed by atoms with Crippen molar-refractivity contribution >= 4 is 21.6 Å². The maximum atomic E-state index is 8.78. The van der Waals surface area contributed by atoms with Gasteiger partial charge in [-0.25, -0.2) is 0 Å². The Hall–Kier alpha value is -1.05. The fourth-order valence-corrected chi connectivity index (χ4v) is 2.59. The van der Waals surface area contributed by atoms with E-state index in [1.165, 1.54) is 18.5 Å². The van der Waals surface area contributed by atoms with E-state index in [1.54, 1.807) is 0 Å². The van der Waals surface area contributed by atoms with Crippen LogP contribution in [0.5, 0.6) is 0 Å². The Morgan fingerprint density at radius 1 is 1.56 bits per heavy atom. The first-order valence-electron chi connectivity index (χ1n) is 6.32. The first-order chi connectivity index (χ1) is 8.63. The summed E-state index contributed by atoms with van der Waals surface area (Å²) < 4.78 is 1.05. The number of nitrogens with two attached hydrogens (primary N) is 1. The van der Waals surface area contributed by atoms with Crippen molar-refractivity contribution in [1.82, 2.24) is 0 Å². The van der Waals surface area contributed by atoms with Gasteiger partial charge in [0.15, 0.2) is 0 Å². The van der Waals surface area contributed by atoms with E-state index >= 15 is 0 Å². The Morgan fingerprint density at radius 3 is 2.83 bits per heavy atom.